The minimum Gasteiger partial charge on any atom is -0.495 e. The maximum Gasteiger partial charge on any atom is 0.244 e. The van der Waals surface area contributed by atoms with Crippen molar-refractivity contribution in [1.29, 1.82) is 0 Å². The van der Waals surface area contributed by atoms with E-state index in [4.69, 9.17) is 4.74 Å². The molecule has 102 valence electrons. The van der Waals surface area contributed by atoms with E-state index in [2.05, 4.69) is 5.32 Å². The lowest BCUT2D eigenvalue weighted by molar-refractivity contribution is -0.133. The summed E-state index contributed by atoms with van der Waals surface area (Å²) in [4.78, 5) is 25.0. The molecule has 0 aromatic heterocycles. The van der Waals surface area contributed by atoms with Crippen LogP contribution < -0.4 is 10.1 Å². The topological polar surface area (TPSA) is 58.6 Å². The number of hydrogen-bond acceptors (Lipinski definition) is 3. The van der Waals surface area contributed by atoms with Crippen LogP contribution in [0.1, 0.15) is 19.8 Å². The molecule has 0 radical (unpaired) electrons. The second kappa shape index (κ2) is 5.73. The molecule has 0 aliphatic heterocycles. The Hall–Kier alpha value is -2.04. The summed E-state index contributed by atoms with van der Waals surface area (Å²) in [5.74, 6) is 0.348. The van der Waals surface area contributed by atoms with Crippen molar-refractivity contribution < 1.29 is 14.3 Å². The molecule has 1 N–H and O–H groups in total. The molecule has 1 aliphatic rings. The molecule has 0 heterocycles. The molecule has 1 aromatic rings. The molecule has 5 nitrogen and oxygen atoms in total. The number of anilines is 1. The van der Waals surface area contributed by atoms with Crippen LogP contribution >= 0.6 is 0 Å². The van der Waals surface area contributed by atoms with Crippen LogP contribution in [0, 0.1) is 0 Å². The minimum absolute atomic E-state index is 0.0577. The molecule has 0 saturated heterocycles. The highest BCUT2D eigenvalue weighted by molar-refractivity contribution is 5.95. The van der Waals surface area contributed by atoms with Crippen molar-refractivity contribution in [1.82, 2.24) is 4.90 Å². The van der Waals surface area contributed by atoms with Crippen LogP contribution in [0.4, 0.5) is 5.69 Å². The van der Waals surface area contributed by atoms with Gasteiger partial charge in [0.25, 0.3) is 0 Å². The Morgan fingerprint density at radius 1 is 1.37 bits per heavy atom. The van der Waals surface area contributed by atoms with Gasteiger partial charge in [0.05, 0.1) is 12.8 Å². The smallest absolute Gasteiger partial charge is 0.244 e. The van der Waals surface area contributed by atoms with Crippen LogP contribution in [0.5, 0.6) is 5.75 Å². The fourth-order valence-electron chi connectivity index (χ4n) is 1.98. The number of amides is 2. The number of para-hydroxylation sites is 2. The number of carbonyl (C=O) groups is 2. The second-order valence-electron chi connectivity index (χ2n) is 4.63. The van der Waals surface area contributed by atoms with Gasteiger partial charge in [-0.15, -0.1) is 0 Å². The largest absolute Gasteiger partial charge is 0.495 e. The van der Waals surface area contributed by atoms with Gasteiger partial charge in [-0.1, -0.05) is 12.1 Å². The number of benzene rings is 1. The predicted octanol–water partition coefficient (Wildman–Crippen LogP) is 1.64. The monoisotopic (exact) mass is 262 g/mol. The normalized spacial score (nSPS) is 13.8. The first kappa shape index (κ1) is 13.4. The van der Waals surface area contributed by atoms with Crippen molar-refractivity contribution in [2.45, 2.75) is 25.8 Å². The number of ether oxygens (including phenoxy) is 1. The third-order valence-electron chi connectivity index (χ3n) is 3.09. The van der Waals surface area contributed by atoms with Crippen LogP contribution in [0.15, 0.2) is 24.3 Å². The van der Waals surface area contributed by atoms with Gasteiger partial charge in [0.2, 0.25) is 11.8 Å². The molecule has 0 bridgehead atoms. The van der Waals surface area contributed by atoms with E-state index in [0.29, 0.717) is 11.4 Å². The van der Waals surface area contributed by atoms with Gasteiger partial charge in [0.1, 0.15) is 12.3 Å². The summed E-state index contributed by atoms with van der Waals surface area (Å²) in [6, 6.07) is 7.44. The van der Waals surface area contributed by atoms with Gasteiger partial charge in [-0.3, -0.25) is 9.59 Å². The lowest BCUT2D eigenvalue weighted by atomic mass is 10.3. The standard InChI is InChI=1S/C14H18N2O3/c1-10(17)16(11-7-8-11)9-14(18)15-12-5-3-4-6-13(12)19-2/h3-6,11H,7-9H2,1-2H3,(H,15,18). The van der Waals surface area contributed by atoms with E-state index in [0.717, 1.165) is 12.8 Å². The highest BCUT2D eigenvalue weighted by Gasteiger charge is 2.32. The Labute approximate surface area is 112 Å². The van der Waals surface area contributed by atoms with Gasteiger partial charge < -0.3 is 15.0 Å². The van der Waals surface area contributed by atoms with Crippen molar-refractivity contribution in [3.8, 4) is 5.75 Å². The molecule has 1 aromatic carbocycles. The van der Waals surface area contributed by atoms with E-state index in [1.165, 1.54) is 6.92 Å². The third kappa shape index (κ3) is 3.47. The summed E-state index contributed by atoms with van der Waals surface area (Å²) in [6.07, 6.45) is 1.98. The van der Waals surface area contributed by atoms with Gasteiger partial charge in [0.15, 0.2) is 0 Å². The highest BCUT2D eigenvalue weighted by atomic mass is 16.5. The summed E-state index contributed by atoms with van der Waals surface area (Å²) in [5, 5.41) is 2.77. The van der Waals surface area contributed by atoms with E-state index < -0.39 is 0 Å². The number of methoxy groups -OCH3 is 1. The van der Waals surface area contributed by atoms with Crippen molar-refractivity contribution >= 4 is 17.5 Å². The molecule has 2 rings (SSSR count). The Bertz CT molecular complexity index is 483. The molecule has 5 heteroatoms. The number of carbonyl (C=O) groups excluding carboxylic acids is 2. The molecule has 0 unspecified atom stereocenters. The number of rotatable bonds is 5. The Balaban J connectivity index is 1.98. The number of hydrogen-bond donors (Lipinski definition) is 1. The van der Waals surface area contributed by atoms with Crippen molar-refractivity contribution in [3.63, 3.8) is 0 Å². The maximum absolute atomic E-state index is 12.0. The summed E-state index contributed by atoms with van der Waals surface area (Å²) in [6.45, 7) is 1.59. The first-order valence-electron chi connectivity index (χ1n) is 6.32. The molecule has 1 aliphatic carbocycles. The first-order valence-corrected chi connectivity index (χ1v) is 6.32. The van der Waals surface area contributed by atoms with E-state index >= 15 is 0 Å². The molecule has 0 atom stereocenters. The van der Waals surface area contributed by atoms with E-state index in [1.807, 2.05) is 12.1 Å². The molecular formula is C14H18N2O3. The first-order chi connectivity index (χ1) is 9.11. The van der Waals surface area contributed by atoms with Crippen molar-refractivity contribution in [2.75, 3.05) is 19.0 Å². The van der Waals surface area contributed by atoms with Crippen molar-refractivity contribution in [3.05, 3.63) is 24.3 Å². The average Bonchev–Trinajstić information content (AvgIpc) is 3.20. The quantitative estimate of drug-likeness (QED) is 0.877. The summed E-state index contributed by atoms with van der Waals surface area (Å²) in [5.41, 5.74) is 0.620. The molecular weight excluding hydrogens is 244 g/mol. The van der Waals surface area contributed by atoms with Gasteiger partial charge in [0, 0.05) is 13.0 Å². The van der Waals surface area contributed by atoms with Crippen LogP contribution in [-0.2, 0) is 9.59 Å². The number of nitrogens with one attached hydrogen (secondary N) is 1. The van der Waals surface area contributed by atoms with Gasteiger partial charge in [-0.05, 0) is 25.0 Å². The average molecular weight is 262 g/mol. The highest BCUT2D eigenvalue weighted by Crippen LogP contribution is 2.27. The summed E-state index contributed by atoms with van der Waals surface area (Å²) in [7, 11) is 1.55. The van der Waals surface area contributed by atoms with Gasteiger partial charge in [-0.2, -0.15) is 0 Å². The van der Waals surface area contributed by atoms with Crippen LogP contribution in [-0.4, -0.2) is 36.4 Å². The SMILES string of the molecule is COc1ccccc1NC(=O)CN(C(C)=O)C1CC1. The fraction of sp³-hybridized carbons (Fsp3) is 0.429. The summed E-state index contributed by atoms with van der Waals surface area (Å²) >= 11 is 0. The summed E-state index contributed by atoms with van der Waals surface area (Å²) < 4.78 is 5.16. The van der Waals surface area contributed by atoms with Gasteiger partial charge in [-0.25, -0.2) is 0 Å². The van der Waals surface area contributed by atoms with Crippen LogP contribution in [0.3, 0.4) is 0 Å². The van der Waals surface area contributed by atoms with Crippen LogP contribution in [0.2, 0.25) is 0 Å². The zero-order valence-electron chi connectivity index (χ0n) is 11.2. The molecule has 1 saturated carbocycles. The molecule has 2 amide bonds. The van der Waals surface area contributed by atoms with E-state index in [9.17, 15) is 9.59 Å². The minimum atomic E-state index is -0.202. The van der Waals surface area contributed by atoms with E-state index in [-0.39, 0.29) is 24.4 Å². The second-order valence-corrected chi connectivity index (χ2v) is 4.63. The Morgan fingerprint density at radius 3 is 2.63 bits per heavy atom. The van der Waals surface area contributed by atoms with Gasteiger partial charge >= 0.3 is 0 Å². The lowest BCUT2D eigenvalue weighted by Crippen LogP contribution is -2.38. The Kier molecular flexibility index (Phi) is 4.04. The maximum atomic E-state index is 12.0. The Morgan fingerprint density at radius 2 is 2.05 bits per heavy atom. The molecule has 1 fully saturated rings. The molecule has 0 spiro atoms. The van der Waals surface area contributed by atoms with Crippen LogP contribution in [0.25, 0.3) is 0 Å². The van der Waals surface area contributed by atoms with Crippen molar-refractivity contribution in [2.24, 2.45) is 0 Å². The fourth-order valence-corrected chi connectivity index (χ4v) is 1.98. The third-order valence-corrected chi connectivity index (χ3v) is 3.09. The number of nitrogens with zero attached hydrogens (tertiary/aromatic N) is 1. The lowest BCUT2D eigenvalue weighted by Gasteiger charge is -2.20. The predicted molar refractivity (Wildman–Crippen MR) is 72.0 cm³/mol. The zero-order chi connectivity index (χ0) is 13.8. The molecule has 19 heavy (non-hydrogen) atoms. The zero-order valence-corrected chi connectivity index (χ0v) is 11.2. The van der Waals surface area contributed by atoms with E-state index in [1.54, 1.807) is 24.1 Å².